The minimum Gasteiger partial charge on any atom is -0.380 e. The molecule has 1 saturated heterocycles. The predicted molar refractivity (Wildman–Crippen MR) is 95.5 cm³/mol. The Hall–Kier alpha value is -1.81. The molecular formula is C20H26N2O2. The highest BCUT2D eigenvalue weighted by Gasteiger charge is 2.29. The number of hydrogen-bond acceptors (Lipinski definition) is 2. The number of carbonyl (C=O) groups is 1. The number of ether oxygens (including phenoxy) is 1. The fourth-order valence-corrected chi connectivity index (χ4v) is 4.24. The summed E-state index contributed by atoms with van der Waals surface area (Å²) < 4.78 is 5.56. The summed E-state index contributed by atoms with van der Waals surface area (Å²) in [5, 5.41) is 1.30. The normalized spacial score (nSPS) is 20.5. The molecule has 1 atom stereocenters. The lowest BCUT2D eigenvalue weighted by molar-refractivity contribution is 0.0564. The van der Waals surface area contributed by atoms with E-state index in [0.29, 0.717) is 13.2 Å². The largest absolute Gasteiger partial charge is 0.380 e. The first kappa shape index (κ1) is 15.7. The Kier molecular flexibility index (Phi) is 4.31. The van der Waals surface area contributed by atoms with E-state index in [9.17, 15) is 4.79 Å². The molecule has 0 saturated carbocycles. The number of nitrogens with one attached hydrogen (secondary N) is 1. The van der Waals surface area contributed by atoms with E-state index < -0.39 is 0 Å². The van der Waals surface area contributed by atoms with Crippen LogP contribution >= 0.6 is 0 Å². The number of H-pyrrole nitrogens is 1. The van der Waals surface area contributed by atoms with E-state index in [1.165, 1.54) is 29.5 Å². The van der Waals surface area contributed by atoms with Gasteiger partial charge in [-0.1, -0.05) is 6.07 Å². The zero-order valence-corrected chi connectivity index (χ0v) is 14.4. The van der Waals surface area contributed by atoms with Crippen molar-refractivity contribution in [2.45, 2.75) is 51.5 Å². The van der Waals surface area contributed by atoms with Gasteiger partial charge < -0.3 is 14.6 Å². The van der Waals surface area contributed by atoms with Crippen molar-refractivity contribution >= 4 is 16.8 Å². The van der Waals surface area contributed by atoms with Crippen molar-refractivity contribution in [2.24, 2.45) is 0 Å². The number of aromatic amines is 1. The first-order valence-electron chi connectivity index (χ1n) is 9.30. The summed E-state index contributed by atoms with van der Waals surface area (Å²) in [6, 6.07) is 6.41. The van der Waals surface area contributed by atoms with Crippen LogP contribution in [0.15, 0.2) is 18.2 Å². The molecule has 0 bridgehead atoms. The molecule has 1 fully saturated rings. The molecule has 1 unspecified atom stereocenters. The number of aromatic nitrogens is 1. The molecule has 2 aliphatic rings. The van der Waals surface area contributed by atoms with Gasteiger partial charge in [-0.15, -0.1) is 0 Å². The second kappa shape index (κ2) is 6.60. The molecule has 1 aliphatic carbocycles. The Balaban J connectivity index is 1.60. The molecule has 1 N–H and O–H groups in total. The van der Waals surface area contributed by atoms with Crippen LogP contribution in [0.25, 0.3) is 10.9 Å². The smallest absolute Gasteiger partial charge is 0.254 e. The number of aryl methyl sites for hydroxylation is 2. The summed E-state index contributed by atoms with van der Waals surface area (Å²) in [5.74, 6) is 0.145. The molecular weight excluding hydrogens is 300 g/mol. The Labute approximate surface area is 143 Å². The maximum absolute atomic E-state index is 13.0. The van der Waals surface area contributed by atoms with Crippen LogP contribution in [0.2, 0.25) is 0 Å². The number of carbonyl (C=O) groups excluding carboxylic acids is 1. The molecule has 0 radical (unpaired) electrons. The molecule has 4 nitrogen and oxygen atoms in total. The average molecular weight is 326 g/mol. The molecule has 128 valence electrons. The van der Waals surface area contributed by atoms with Gasteiger partial charge in [-0.2, -0.15) is 0 Å². The zero-order chi connectivity index (χ0) is 16.5. The average Bonchev–Trinajstić information content (AvgIpc) is 3.22. The lowest BCUT2D eigenvalue weighted by Gasteiger charge is -2.24. The van der Waals surface area contributed by atoms with Crippen molar-refractivity contribution < 1.29 is 9.53 Å². The van der Waals surface area contributed by atoms with Gasteiger partial charge in [0, 0.05) is 35.3 Å². The molecule has 1 aromatic carbocycles. The first-order valence-corrected chi connectivity index (χ1v) is 9.30. The summed E-state index contributed by atoms with van der Waals surface area (Å²) in [6.45, 7) is 4.21. The topological polar surface area (TPSA) is 45.3 Å². The highest BCUT2D eigenvalue weighted by Crippen LogP contribution is 2.30. The van der Waals surface area contributed by atoms with E-state index in [0.717, 1.165) is 43.3 Å². The third-order valence-electron chi connectivity index (χ3n) is 5.50. The number of amides is 1. The summed E-state index contributed by atoms with van der Waals surface area (Å²) in [7, 11) is 0. The Morgan fingerprint density at radius 3 is 3.04 bits per heavy atom. The van der Waals surface area contributed by atoms with Crippen molar-refractivity contribution in [1.82, 2.24) is 9.88 Å². The van der Waals surface area contributed by atoms with Crippen LogP contribution in [0.3, 0.4) is 0 Å². The van der Waals surface area contributed by atoms with Crippen molar-refractivity contribution in [3.05, 3.63) is 35.0 Å². The van der Waals surface area contributed by atoms with E-state index in [2.05, 4.69) is 11.1 Å². The zero-order valence-electron chi connectivity index (χ0n) is 14.4. The standard InChI is InChI=1S/C20H26N2O2/c1-2-24-13-15-6-5-11-22(15)20(23)14-9-10-17-16-7-3-4-8-18(16)21-19(17)12-14/h9-10,12,15,21H,2-8,11,13H2,1H3. The maximum Gasteiger partial charge on any atom is 0.254 e. The third-order valence-corrected chi connectivity index (χ3v) is 5.50. The SMILES string of the molecule is CCOCC1CCCN1C(=O)c1ccc2c3c([nH]c2c1)CCCC3. The monoisotopic (exact) mass is 326 g/mol. The van der Waals surface area contributed by atoms with Crippen molar-refractivity contribution in [3.8, 4) is 0 Å². The third kappa shape index (κ3) is 2.73. The van der Waals surface area contributed by atoms with E-state index in [1.807, 2.05) is 24.0 Å². The second-order valence-corrected chi connectivity index (χ2v) is 7.00. The second-order valence-electron chi connectivity index (χ2n) is 7.00. The highest BCUT2D eigenvalue weighted by molar-refractivity contribution is 5.99. The lowest BCUT2D eigenvalue weighted by Crippen LogP contribution is -2.38. The summed E-state index contributed by atoms with van der Waals surface area (Å²) in [4.78, 5) is 18.5. The minimum atomic E-state index is 0.145. The first-order chi connectivity index (χ1) is 11.8. The van der Waals surface area contributed by atoms with E-state index in [4.69, 9.17) is 4.74 Å². The van der Waals surface area contributed by atoms with Gasteiger partial charge in [0.25, 0.3) is 5.91 Å². The molecule has 1 amide bonds. The number of rotatable bonds is 4. The van der Waals surface area contributed by atoms with Crippen LogP contribution in [0.1, 0.15) is 54.2 Å². The maximum atomic E-state index is 13.0. The Morgan fingerprint density at radius 1 is 1.29 bits per heavy atom. The van der Waals surface area contributed by atoms with Gasteiger partial charge in [-0.25, -0.2) is 0 Å². The van der Waals surface area contributed by atoms with Crippen molar-refractivity contribution in [2.75, 3.05) is 19.8 Å². The molecule has 4 heteroatoms. The molecule has 1 aliphatic heterocycles. The van der Waals surface area contributed by atoms with E-state index in [-0.39, 0.29) is 11.9 Å². The van der Waals surface area contributed by atoms with Gasteiger partial charge in [0.1, 0.15) is 0 Å². The summed E-state index contributed by atoms with van der Waals surface area (Å²) in [6.07, 6.45) is 6.94. The highest BCUT2D eigenvalue weighted by atomic mass is 16.5. The van der Waals surface area contributed by atoms with Crippen LogP contribution in [-0.2, 0) is 17.6 Å². The van der Waals surface area contributed by atoms with Crippen molar-refractivity contribution in [3.63, 3.8) is 0 Å². The quantitative estimate of drug-likeness (QED) is 0.931. The molecule has 24 heavy (non-hydrogen) atoms. The lowest BCUT2D eigenvalue weighted by atomic mass is 9.95. The fraction of sp³-hybridized carbons (Fsp3) is 0.550. The minimum absolute atomic E-state index is 0.145. The van der Waals surface area contributed by atoms with Gasteiger partial charge in [0.15, 0.2) is 0 Å². The predicted octanol–water partition coefficient (Wildman–Crippen LogP) is 3.69. The van der Waals surface area contributed by atoms with E-state index in [1.54, 1.807) is 0 Å². The van der Waals surface area contributed by atoms with Crippen LogP contribution in [0.4, 0.5) is 0 Å². The summed E-state index contributed by atoms with van der Waals surface area (Å²) >= 11 is 0. The Morgan fingerprint density at radius 2 is 2.17 bits per heavy atom. The molecule has 1 aromatic heterocycles. The van der Waals surface area contributed by atoms with Gasteiger partial charge in [0.05, 0.1) is 12.6 Å². The molecule has 4 rings (SSSR count). The number of likely N-dealkylation sites (tertiary alicyclic amines) is 1. The van der Waals surface area contributed by atoms with Gasteiger partial charge in [-0.05, 0) is 63.1 Å². The molecule has 0 spiro atoms. The van der Waals surface area contributed by atoms with Crippen LogP contribution in [-0.4, -0.2) is 41.6 Å². The number of hydrogen-bond donors (Lipinski definition) is 1. The van der Waals surface area contributed by atoms with Gasteiger partial charge in [0.2, 0.25) is 0 Å². The Bertz CT molecular complexity index is 749. The molecule has 2 heterocycles. The van der Waals surface area contributed by atoms with E-state index >= 15 is 0 Å². The summed E-state index contributed by atoms with van der Waals surface area (Å²) in [5.41, 5.74) is 4.75. The number of benzene rings is 1. The number of nitrogens with zero attached hydrogens (tertiary/aromatic N) is 1. The molecule has 2 aromatic rings. The number of fused-ring (bicyclic) bond motifs is 3. The fourth-order valence-electron chi connectivity index (χ4n) is 4.24. The van der Waals surface area contributed by atoms with Gasteiger partial charge >= 0.3 is 0 Å². The van der Waals surface area contributed by atoms with Crippen molar-refractivity contribution in [1.29, 1.82) is 0 Å². The van der Waals surface area contributed by atoms with Crippen LogP contribution < -0.4 is 0 Å². The van der Waals surface area contributed by atoms with Gasteiger partial charge in [-0.3, -0.25) is 4.79 Å². The van der Waals surface area contributed by atoms with Crippen LogP contribution in [0.5, 0.6) is 0 Å². The van der Waals surface area contributed by atoms with Crippen LogP contribution in [0, 0.1) is 0 Å².